The topological polar surface area (TPSA) is 37.8 Å². The molecule has 1 N–H and O–H groups in total. The number of halogens is 1. The third-order valence-corrected chi connectivity index (χ3v) is 3.08. The van der Waals surface area contributed by atoms with Crippen LogP contribution in [0, 0.1) is 13.8 Å². The summed E-state index contributed by atoms with van der Waals surface area (Å²) in [6.07, 6.45) is 0.936. The minimum Gasteiger partial charge on any atom is -0.367 e. The minimum atomic E-state index is 0.436. The molecule has 0 fully saturated rings. The largest absolute Gasteiger partial charge is 0.367 e. The Morgan fingerprint density at radius 3 is 2.44 bits per heavy atom. The van der Waals surface area contributed by atoms with Gasteiger partial charge in [0.25, 0.3) is 0 Å². The van der Waals surface area contributed by atoms with Crippen LogP contribution in [0.3, 0.4) is 0 Å². The highest BCUT2D eigenvalue weighted by molar-refractivity contribution is 6.31. The van der Waals surface area contributed by atoms with Crippen molar-refractivity contribution in [3.63, 3.8) is 0 Å². The van der Waals surface area contributed by atoms with E-state index in [1.807, 2.05) is 32.0 Å². The van der Waals surface area contributed by atoms with E-state index in [9.17, 15) is 0 Å². The Morgan fingerprint density at radius 1 is 1.06 bits per heavy atom. The molecule has 1 aromatic heterocycles. The molecule has 0 spiro atoms. The zero-order chi connectivity index (χ0) is 13.0. The molecule has 0 radical (unpaired) electrons. The van der Waals surface area contributed by atoms with Crippen molar-refractivity contribution in [2.45, 2.75) is 20.3 Å². The Labute approximate surface area is 112 Å². The average molecular weight is 262 g/mol. The maximum Gasteiger partial charge on any atom is 0.171 e. The third kappa shape index (κ3) is 3.20. The number of anilines is 1. The lowest BCUT2D eigenvalue weighted by Crippen LogP contribution is -2.08. The Morgan fingerprint density at radius 2 is 1.72 bits per heavy atom. The molecule has 4 heteroatoms. The predicted molar refractivity (Wildman–Crippen MR) is 75.2 cm³/mol. The molecule has 0 amide bonds. The molecule has 0 saturated heterocycles. The van der Waals surface area contributed by atoms with Gasteiger partial charge in [-0.1, -0.05) is 41.9 Å². The average Bonchev–Trinajstić information content (AvgIpc) is 2.37. The molecular weight excluding hydrogens is 246 g/mol. The van der Waals surface area contributed by atoms with Gasteiger partial charge >= 0.3 is 0 Å². The van der Waals surface area contributed by atoms with Crippen LogP contribution < -0.4 is 5.32 Å². The van der Waals surface area contributed by atoms with Crippen molar-refractivity contribution in [3.8, 4) is 0 Å². The summed E-state index contributed by atoms with van der Waals surface area (Å²) in [7, 11) is 0. The van der Waals surface area contributed by atoms with Gasteiger partial charge in [0.15, 0.2) is 11.0 Å². The molecular formula is C14H16ClN3. The van der Waals surface area contributed by atoms with Crippen LogP contribution in [0.2, 0.25) is 5.15 Å². The number of nitrogens with one attached hydrogen (secondary N) is 1. The zero-order valence-corrected chi connectivity index (χ0v) is 11.3. The molecule has 2 aromatic rings. The predicted octanol–water partition coefficient (Wildman–Crippen LogP) is 3.40. The molecule has 0 aliphatic heterocycles. The van der Waals surface area contributed by atoms with Gasteiger partial charge in [-0.3, -0.25) is 0 Å². The van der Waals surface area contributed by atoms with Gasteiger partial charge in [-0.2, -0.15) is 0 Å². The molecule has 18 heavy (non-hydrogen) atoms. The second-order valence-corrected chi connectivity index (χ2v) is 4.55. The quantitative estimate of drug-likeness (QED) is 0.917. The van der Waals surface area contributed by atoms with Crippen molar-refractivity contribution in [1.29, 1.82) is 0 Å². The maximum absolute atomic E-state index is 6.05. The van der Waals surface area contributed by atoms with E-state index >= 15 is 0 Å². The molecule has 1 heterocycles. The van der Waals surface area contributed by atoms with Crippen LogP contribution in [-0.4, -0.2) is 16.5 Å². The fraction of sp³-hybridized carbons (Fsp3) is 0.286. The highest BCUT2D eigenvalue weighted by atomic mass is 35.5. The fourth-order valence-corrected chi connectivity index (χ4v) is 1.89. The van der Waals surface area contributed by atoms with Crippen LogP contribution in [0.5, 0.6) is 0 Å². The lowest BCUT2D eigenvalue weighted by Gasteiger charge is -2.09. The summed E-state index contributed by atoms with van der Waals surface area (Å²) in [4.78, 5) is 8.64. The second kappa shape index (κ2) is 5.83. The lowest BCUT2D eigenvalue weighted by molar-refractivity contribution is 0.978. The zero-order valence-electron chi connectivity index (χ0n) is 10.6. The van der Waals surface area contributed by atoms with Crippen LogP contribution in [0.1, 0.15) is 17.0 Å². The second-order valence-electron chi connectivity index (χ2n) is 4.20. The summed E-state index contributed by atoms with van der Waals surface area (Å²) in [6, 6.07) is 10.3. The first-order valence-corrected chi connectivity index (χ1v) is 6.33. The van der Waals surface area contributed by atoms with Crippen molar-refractivity contribution in [1.82, 2.24) is 9.97 Å². The summed E-state index contributed by atoms with van der Waals surface area (Å²) >= 11 is 6.05. The number of hydrogen-bond donors (Lipinski definition) is 1. The molecule has 2 rings (SSSR count). The lowest BCUT2D eigenvalue weighted by atomic mass is 10.1. The molecule has 0 aliphatic rings. The van der Waals surface area contributed by atoms with E-state index in [4.69, 9.17) is 11.6 Å². The highest BCUT2D eigenvalue weighted by Gasteiger charge is 2.06. The Hall–Kier alpha value is -1.61. The van der Waals surface area contributed by atoms with Crippen molar-refractivity contribution >= 4 is 17.4 Å². The van der Waals surface area contributed by atoms with Crippen molar-refractivity contribution in [2.24, 2.45) is 0 Å². The molecule has 3 nitrogen and oxygen atoms in total. The van der Waals surface area contributed by atoms with Gasteiger partial charge in [-0.25, -0.2) is 9.97 Å². The van der Waals surface area contributed by atoms with E-state index in [2.05, 4.69) is 27.4 Å². The number of hydrogen-bond acceptors (Lipinski definition) is 3. The van der Waals surface area contributed by atoms with Crippen LogP contribution in [0.15, 0.2) is 30.3 Å². The maximum atomic E-state index is 6.05. The minimum absolute atomic E-state index is 0.436. The highest BCUT2D eigenvalue weighted by Crippen LogP contribution is 2.18. The van der Waals surface area contributed by atoms with Crippen LogP contribution >= 0.6 is 11.6 Å². The number of nitrogens with zero attached hydrogens (tertiary/aromatic N) is 2. The van der Waals surface area contributed by atoms with Crippen LogP contribution in [0.25, 0.3) is 0 Å². The van der Waals surface area contributed by atoms with E-state index in [-0.39, 0.29) is 0 Å². The van der Waals surface area contributed by atoms with Crippen molar-refractivity contribution < 1.29 is 0 Å². The SMILES string of the molecule is Cc1nc(Cl)c(NCCc2ccccc2)nc1C. The van der Waals surface area contributed by atoms with Gasteiger partial charge in [0.1, 0.15) is 0 Å². The molecule has 1 aromatic carbocycles. The molecule has 0 unspecified atom stereocenters. The Kier molecular flexibility index (Phi) is 4.15. The first-order valence-electron chi connectivity index (χ1n) is 5.95. The van der Waals surface area contributed by atoms with E-state index in [0.29, 0.717) is 11.0 Å². The molecule has 0 saturated carbocycles. The van der Waals surface area contributed by atoms with Gasteiger partial charge in [0.2, 0.25) is 0 Å². The van der Waals surface area contributed by atoms with Gasteiger partial charge in [0.05, 0.1) is 11.4 Å². The van der Waals surface area contributed by atoms with E-state index < -0.39 is 0 Å². The van der Waals surface area contributed by atoms with Gasteiger partial charge in [-0.05, 0) is 25.8 Å². The van der Waals surface area contributed by atoms with E-state index in [1.54, 1.807) is 0 Å². The standard InChI is InChI=1S/C14H16ClN3/c1-10-11(2)18-14(13(15)17-10)16-9-8-12-6-4-3-5-7-12/h3-7H,8-9H2,1-2H3,(H,16,18). The number of rotatable bonds is 4. The molecule has 0 aliphatic carbocycles. The molecule has 0 atom stereocenters. The summed E-state index contributed by atoms with van der Waals surface area (Å²) in [5.41, 5.74) is 3.06. The first kappa shape index (κ1) is 12.8. The molecule has 94 valence electrons. The fourth-order valence-electron chi connectivity index (χ4n) is 1.66. The summed E-state index contributed by atoms with van der Waals surface area (Å²) < 4.78 is 0. The van der Waals surface area contributed by atoms with E-state index in [1.165, 1.54) is 5.56 Å². The first-order chi connectivity index (χ1) is 8.66. The van der Waals surface area contributed by atoms with Crippen molar-refractivity contribution in [3.05, 3.63) is 52.4 Å². The summed E-state index contributed by atoms with van der Waals surface area (Å²) in [5.74, 6) is 0.663. The Balaban J connectivity index is 1.97. The number of benzene rings is 1. The smallest absolute Gasteiger partial charge is 0.171 e. The van der Waals surface area contributed by atoms with Crippen LogP contribution in [-0.2, 0) is 6.42 Å². The van der Waals surface area contributed by atoms with E-state index in [0.717, 1.165) is 24.4 Å². The normalized spacial score (nSPS) is 10.4. The van der Waals surface area contributed by atoms with Gasteiger partial charge in [-0.15, -0.1) is 0 Å². The van der Waals surface area contributed by atoms with Gasteiger partial charge in [0, 0.05) is 6.54 Å². The van der Waals surface area contributed by atoms with Crippen LogP contribution in [0.4, 0.5) is 5.82 Å². The summed E-state index contributed by atoms with van der Waals surface area (Å²) in [6.45, 7) is 4.63. The number of aryl methyl sites for hydroxylation is 2. The van der Waals surface area contributed by atoms with Gasteiger partial charge < -0.3 is 5.32 Å². The van der Waals surface area contributed by atoms with Crippen molar-refractivity contribution in [2.75, 3.05) is 11.9 Å². The third-order valence-electron chi connectivity index (χ3n) is 2.81. The number of aromatic nitrogens is 2. The summed E-state index contributed by atoms with van der Waals surface area (Å²) in [5, 5.41) is 3.66. The Bertz CT molecular complexity index is 526. The molecule has 0 bridgehead atoms. The monoisotopic (exact) mass is 261 g/mol.